The maximum atomic E-state index is 12.3. The number of pyridine rings is 1. The third kappa shape index (κ3) is 3.15. The Morgan fingerprint density at radius 3 is 2.75 bits per heavy atom. The number of hydrogen-bond acceptors (Lipinski definition) is 4. The summed E-state index contributed by atoms with van der Waals surface area (Å²) >= 11 is 7.21. The molecule has 2 aromatic heterocycles. The van der Waals surface area contributed by atoms with Crippen LogP contribution in [0.25, 0.3) is 0 Å². The van der Waals surface area contributed by atoms with Crippen LogP contribution in [0.3, 0.4) is 0 Å². The Morgan fingerprint density at radius 1 is 1.40 bits per heavy atom. The molecule has 1 amide bonds. The molecule has 0 aliphatic heterocycles. The minimum Gasteiger partial charge on any atom is -0.478 e. The molecule has 20 heavy (non-hydrogen) atoms. The topological polar surface area (TPSA) is 70.5 Å². The summed E-state index contributed by atoms with van der Waals surface area (Å²) in [6.45, 7) is 0.353. The number of rotatable bonds is 4. The van der Waals surface area contributed by atoms with Gasteiger partial charge in [-0.3, -0.25) is 9.78 Å². The zero-order valence-corrected chi connectivity index (χ0v) is 12.1. The summed E-state index contributed by atoms with van der Waals surface area (Å²) in [5.74, 6) is -1.61. The number of thiophene rings is 1. The molecule has 1 N–H and O–H groups in total. The fraction of sp³-hybridized carbons (Fsp3) is 0.154. The van der Waals surface area contributed by atoms with Crippen LogP contribution in [0.15, 0.2) is 30.5 Å². The lowest BCUT2D eigenvalue weighted by Gasteiger charge is -2.16. The molecular formula is C13H11ClN2O3S. The lowest BCUT2D eigenvalue weighted by Crippen LogP contribution is -2.28. The van der Waals surface area contributed by atoms with Gasteiger partial charge in [0, 0.05) is 18.1 Å². The molecule has 0 saturated carbocycles. The first-order chi connectivity index (χ1) is 9.49. The zero-order chi connectivity index (χ0) is 14.7. The second-order valence-electron chi connectivity index (χ2n) is 4.07. The van der Waals surface area contributed by atoms with E-state index < -0.39 is 11.9 Å². The number of carboxylic acid groups (broad SMARTS) is 1. The molecule has 0 bridgehead atoms. The highest BCUT2D eigenvalue weighted by atomic mass is 35.5. The van der Waals surface area contributed by atoms with E-state index >= 15 is 0 Å². The number of hydrogen-bond donors (Lipinski definition) is 1. The fourth-order valence-electron chi connectivity index (χ4n) is 1.67. The molecule has 104 valence electrons. The molecular weight excluding hydrogens is 300 g/mol. The van der Waals surface area contributed by atoms with Gasteiger partial charge < -0.3 is 10.0 Å². The summed E-state index contributed by atoms with van der Waals surface area (Å²) in [5, 5.41) is 9.06. The van der Waals surface area contributed by atoms with E-state index in [0.717, 1.165) is 4.88 Å². The van der Waals surface area contributed by atoms with Crippen molar-refractivity contribution in [3.63, 3.8) is 0 Å². The Morgan fingerprint density at radius 2 is 2.15 bits per heavy atom. The van der Waals surface area contributed by atoms with Gasteiger partial charge in [0.15, 0.2) is 0 Å². The number of amides is 1. The fourth-order valence-corrected chi connectivity index (χ4v) is 2.81. The number of halogens is 1. The number of carbonyl (C=O) groups excluding carboxylic acids is 1. The summed E-state index contributed by atoms with van der Waals surface area (Å²) in [6, 6.07) is 6.42. The van der Waals surface area contributed by atoms with Crippen molar-refractivity contribution in [3.05, 3.63) is 50.9 Å². The van der Waals surface area contributed by atoms with Gasteiger partial charge in [-0.25, -0.2) is 4.79 Å². The third-order valence-electron chi connectivity index (χ3n) is 2.61. The van der Waals surface area contributed by atoms with Gasteiger partial charge in [-0.1, -0.05) is 11.6 Å². The second kappa shape index (κ2) is 6.02. The van der Waals surface area contributed by atoms with Crippen molar-refractivity contribution in [2.45, 2.75) is 6.54 Å². The zero-order valence-electron chi connectivity index (χ0n) is 10.5. The van der Waals surface area contributed by atoms with Crippen LogP contribution in [-0.2, 0) is 6.54 Å². The quantitative estimate of drug-likeness (QED) is 0.942. The highest BCUT2D eigenvalue weighted by Gasteiger charge is 2.21. The van der Waals surface area contributed by atoms with Gasteiger partial charge in [0.25, 0.3) is 5.91 Å². The van der Waals surface area contributed by atoms with E-state index in [2.05, 4.69) is 4.98 Å². The predicted molar refractivity (Wildman–Crippen MR) is 76.3 cm³/mol. The van der Waals surface area contributed by atoms with E-state index in [1.807, 2.05) is 6.07 Å². The number of aromatic nitrogens is 1. The van der Waals surface area contributed by atoms with Crippen LogP contribution >= 0.6 is 22.9 Å². The average Bonchev–Trinajstić information content (AvgIpc) is 2.83. The van der Waals surface area contributed by atoms with Gasteiger partial charge >= 0.3 is 5.97 Å². The molecule has 2 rings (SSSR count). The summed E-state index contributed by atoms with van der Waals surface area (Å²) in [6.07, 6.45) is 1.40. The van der Waals surface area contributed by atoms with Crippen molar-refractivity contribution in [3.8, 4) is 0 Å². The van der Waals surface area contributed by atoms with E-state index in [-0.39, 0.29) is 11.3 Å². The van der Waals surface area contributed by atoms with Crippen molar-refractivity contribution in [1.82, 2.24) is 9.88 Å². The lowest BCUT2D eigenvalue weighted by molar-refractivity contribution is 0.0678. The van der Waals surface area contributed by atoms with Gasteiger partial charge in [-0.15, -0.1) is 11.3 Å². The predicted octanol–water partition coefficient (Wildman–Crippen LogP) is 2.77. The lowest BCUT2D eigenvalue weighted by atomic mass is 10.2. The first-order valence-corrected chi connectivity index (χ1v) is 6.86. The minimum atomic E-state index is -1.17. The molecule has 2 heterocycles. The maximum Gasteiger partial charge on any atom is 0.338 e. The molecule has 7 heteroatoms. The van der Waals surface area contributed by atoms with Crippen molar-refractivity contribution in [2.75, 3.05) is 7.05 Å². The summed E-state index contributed by atoms with van der Waals surface area (Å²) in [4.78, 5) is 29.5. The van der Waals surface area contributed by atoms with Crippen LogP contribution in [0.4, 0.5) is 0 Å². The van der Waals surface area contributed by atoms with Crippen LogP contribution < -0.4 is 0 Å². The van der Waals surface area contributed by atoms with E-state index in [4.69, 9.17) is 16.7 Å². The Balaban J connectivity index is 2.20. The van der Waals surface area contributed by atoms with Gasteiger partial charge in [-0.05, 0) is 24.3 Å². The number of carboxylic acids is 1. The molecule has 0 aliphatic carbocycles. The Bertz CT molecular complexity index is 657. The van der Waals surface area contributed by atoms with Gasteiger partial charge in [0.1, 0.15) is 5.69 Å². The largest absolute Gasteiger partial charge is 0.478 e. The van der Waals surface area contributed by atoms with Crippen molar-refractivity contribution in [1.29, 1.82) is 0 Å². The van der Waals surface area contributed by atoms with Crippen LogP contribution in [0.5, 0.6) is 0 Å². The van der Waals surface area contributed by atoms with E-state index in [0.29, 0.717) is 10.9 Å². The van der Waals surface area contributed by atoms with Crippen molar-refractivity contribution >= 4 is 34.8 Å². The number of carbonyl (C=O) groups is 2. The molecule has 0 aliphatic rings. The Labute approximate surface area is 124 Å². The van der Waals surface area contributed by atoms with Gasteiger partial charge in [-0.2, -0.15) is 0 Å². The molecule has 0 radical (unpaired) electrons. The molecule has 0 spiro atoms. The Kier molecular flexibility index (Phi) is 4.36. The molecule has 0 aromatic carbocycles. The van der Waals surface area contributed by atoms with Crippen LogP contribution in [0, 0.1) is 0 Å². The minimum absolute atomic E-state index is 0.0647. The SMILES string of the molecule is CN(Cc1ccc(Cl)s1)C(=O)c1ncccc1C(=O)O. The molecule has 2 aromatic rings. The standard InChI is InChI=1S/C13H11ClN2O3S/c1-16(7-8-4-5-10(14)20-8)12(17)11-9(13(18)19)3-2-6-15-11/h2-6H,7H2,1H3,(H,18,19). The smallest absolute Gasteiger partial charge is 0.338 e. The normalized spacial score (nSPS) is 10.3. The summed E-state index contributed by atoms with van der Waals surface area (Å²) in [5.41, 5.74) is -0.168. The highest BCUT2D eigenvalue weighted by molar-refractivity contribution is 7.16. The van der Waals surface area contributed by atoms with Crippen LogP contribution in [-0.4, -0.2) is 33.9 Å². The van der Waals surface area contributed by atoms with Crippen molar-refractivity contribution in [2.24, 2.45) is 0 Å². The molecule has 0 saturated heterocycles. The van der Waals surface area contributed by atoms with Gasteiger partial charge in [0.2, 0.25) is 0 Å². The van der Waals surface area contributed by atoms with E-state index in [1.54, 1.807) is 13.1 Å². The maximum absolute atomic E-state index is 12.3. The monoisotopic (exact) mass is 310 g/mol. The van der Waals surface area contributed by atoms with Crippen LogP contribution in [0.2, 0.25) is 4.34 Å². The highest BCUT2D eigenvalue weighted by Crippen LogP contribution is 2.23. The third-order valence-corrected chi connectivity index (χ3v) is 3.83. The first-order valence-electron chi connectivity index (χ1n) is 5.67. The summed E-state index contributed by atoms with van der Waals surface area (Å²) < 4.78 is 0.643. The van der Waals surface area contributed by atoms with E-state index in [9.17, 15) is 9.59 Å². The average molecular weight is 311 g/mol. The number of aromatic carboxylic acids is 1. The Hall–Kier alpha value is -1.92. The van der Waals surface area contributed by atoms with Crippen molar-refractivity contribution < 1.29 is 14.7 Å². The molecule has 0 unspecified atom stereocenters. The van der Waals surface area contributed by atoms with E-state index in [1.165, 1.54) is 34.6 Å². The first kappa shape index (κ1) is 14.5. The van der Waals surface area contributed by atoms with Gasteiger partial charge in [0.05, 0.1) is 16.4 Å². The molecule has 0 fully saturated rings. The second-order valence-corrected chi connectivity index (χ2v) is 5.87. The number of nitrogens with zero attached hydrogens (tertiary/aromatic N) is 2. The summed E-state index contributed by atoms with van der Waals surface area (Å²) in [7, 11) is 1.59. The molecule has 5 nitrogen and oxygen atoms in total. The van der Waals surface area contributed by atoms with Crippen LogP contribution in [0.1, 0.15) is 25.7 Å². The molecule has 0 atom stereocenters.